The van der Waals surface area contributed by atoms with Gasteiger partial charge in [-0.3, -0.25) is 0 Å². The molecule has 2 nitrogen and oxygen atoms in total. The zero-order valence-corrected chi connectivity index (χ0v) is 13.4. The molecule has 1 unspecified atom stereocenters. The molecule has 0 amide bonds. The predicted octanol–water partition coefficient (Wildman–Crippen LogP) is 5.03. The Kier molecular flexibility index (Phi) is 4.98. The zero-order chi connectivity index (χ0) is 14.0. The van der Waals surface area contributed by atoms with Crippen LogP contribution in [0.3, 0.4) is 0 Å². The molecule has 1 aromatic heterocycles. The van der Waals surface area contributed by atoms with Gasteiger partial charge in [0.1, 0.15) is 5.75 Å². The summed E-state index contributed by atoms with van der Waals surface area (Å²) in [4.78, 5) is 1.01. The SMILES string of the molecule is CNC(c1cc(Cl)c(OC)cc1Cl)c1sccc1Cl. The summed E-state index contributed by atoms with van der Waals surface area (Å²) in [6.07, 6.45) is 0. The molecule has 1 aromatic carbocycles. The highest BCUT2D eigenvalue weighted by Crippen LogP contribution is 2.39. The van der Waals surface area contributed by atoms with Crippen LogP contribution in [0.5, 0.6) is 5.75 Å². The standard InChI is InChI=1S/C13H12Cl3NOS/c1-17-12(13-8(14)3-4-19-13)7-5-10(16)11(18-2)6-9(7)15/h3-6,12,17H,1-2H3. The van der Waals surface area contributed by atoms with Gasteiger partial charge in [0.15, 0.2) is 0 Å². The van der Waals surface area contributed by atoms with Gasteiger partial charge in [-0.15, -0.1) is 11.3 Å². The van der Waals surface area contributed by atoms with Crippen molar-refractivity contribution in [2.24, 2.45) is 0 Å². The largest absolute Gasteiger partial charge is 0.495 e. The Morgan fingerprint density at radius 3 is 2.42 bits per heavy atom. The van der Waals surface area contributed by atoms with Crippen LogP contribution in [-0.4, -0.2) is 14.2 Å². The summed E-state index contributed by atoms with van der Waals surface area (Å²) in [6, 6.07) is 5.29. The van der Waals surface area contributed by atoms with Crippen molar-refractivity contribution in [3.8, 4) is 5.75 Å². The molecule has 6 heteroatoms. The van der Waals surface area contributed by atoms with E-state index in [1.807, 2.05) is 18.5 Å². The van der Waals surface area contributed by atoms with E-state index in [2.05, 4.69) is 5.32 Å². The number of benzene rings is 1. The van der Waals surface area contributed by atoms with Gasteiger partial charge in [-0.2, -0.15) is 0 Å². The third-order valence-electron chi connectivity index (χ3n) is 2.78. The molecule has 0 spiro atoms. The highest BCUT2D eigenvalue weighted by atomic mass is 35.5. The first-order valence-electron chi connectivity index (χ1n) is 5.51. The Labute approximate surface area is 131 Å². The molecule has 0 aliphatic heterocycles. The molecule has 0 aliphatic rings. The third-order valence-corrected chi connectivity index (χ3v) is 4.82. The molecule has 0 saturated carbocycles. The van der Waals surface area contributed by atoms with Crippen molar-refractivity contribution in [3.05, 3.63) is 49.1 Å². The molecule has 0 saturated heterocycles. The number of methoxy groups -OCH3 is 1. The van der Waals surface area contributed by atoms with Crippen molar-refractivity contribution in [2.75, 3.05) is 14.2 Å². The van der Waals surface area contributed by atoms with Crippen LogP contribution < -0.4 is 10.1 Å². The minimum Gasteiger partial charge on any atom is -0.495 e. The lowest BCUT2D eigenvalue weighted by atomic mass is 10.1. The van der Waals surface area contributed by atoms with Crippen LogP contribution in [0.15, 0.2) is 23.6 Å². The van der Waals surface area contributed by atoms with E-state index >= 15 is 0 Å². The fraction of sp³-hybridized carbons (Fsp3) is 0.231. The zero-order valence-electron chi connectivity index (χ0n) is 10.3. The highest BCUT2D eigenvalue weighted by Gasteiger charge is 2.21. The van der Waals surface area contributed by atoms with Gasteiger partial charge >= 0.3 is 0 Å². The first-order chi connectivity index (χ1) is 9.08. The molecule has 2 aromatic rings. The van der Waals surface area contributed by atoms with E-state index in [9.17, 15) is 0 Å². The average Bonchev–Trinajstić information content (AvgIpc) is 2.80. The summed E-state index contributed by atoms with van der Waals surface area (Å²) in [5.41, 5.74) is 0.874. The number of halogens is 3. The number of rotatable bonds is 4. The van der Waals surface area contributed by atoms with Crippen LogP contribution in [0.1, 0.15) is 16.5 Å². The molecule has 0 bridgehead atoms. The molecule has 102 valence electrons. The van der Waals surface area contributed by atoms with Gasteiger partial charge in [0, 0.05) is 16.0 Å². The normalized spacial score (nSPS) is 12.5. The quantitative estimate of drug-likeness (QED) is 0.846. The second kappa shape index (κ2) is 6.33. The van der Waals surface area contributed by atoms with Crippen molar-refractivity contribution in [3.63, 3.8) is 0 Å². The smallest absolute Gasteiger partial charge is 0.138 e. The van der Waals surface area contributed by atoms with Crippen LogP contribution in [-0.2, 0) is 0 Å². The van der Waals surface area contributed by atoms with Crippen LogP contribution in [0, 0.1) is 0 Å². The molecule has 19 heavy (non-hydrogen) atoms. The first kappa shape index (κ1) is 14.9. The van der Waals surface area contributed by atoms with Gasteiger partial charge in [-0.25, -0.2) is 0 Å². The Balaban J connectivity index is 2.50. The summed E-state index contributed by atoms with van der Waals surface area (Å²) in [5.74, 6) is 0.558. The molecule has 0 fully saturated rings. The minimum absolute atomic E-state index is 0.0941. The molecular formula is C13H12Cl3NOS. The number of ether oxygens (including phenoxy) is 1. The molecular weight excluding hydrogens is 325 g/mol. The van der Waals surface area contributed by atoms with E-state index < -0.39 is 0 Å². The van der Waals surface area contributed by atoms with E-state index in [1.54, 1.807) is 30.6 Å². The summed E-state index contributed by atoms with van der Waals surface area (Å²) >= 11 is 20.2. The van der Waals surface area contributed by atoms with Gasteiger partial charge in [0.2, 0.25) is 0 Å². The molecule has 1 N–H and O–H groups in total. The predicted molar refractivity (Wildman–Crippen MR) is 83.2 cm³/mol. The highest BCUT2D eigenvalue weighted by molar-refractivity contribution is 7.10. The number of nitrogens with one attached hydrogen (secondary N) is 1. The summed E-state index contributed by atoms with van der Waals surface area (Å²) in [6.45, 7) is 0. The number of hydrogen-bond acceptors (Lipinski definition) is 3. The second-order valence-electron chi connectivity index (χ2n) is 3.86. The Morgan fingerprint density at radius 1 is 1.16 bits per heavy atom. The van der Waals surface area contributed by atoms with Gasteiger partial charge in [0.05, 0.1) is 23.2 Å². The van der Waals surface area contributed by atoms with Crippen molar-refractivity contribution < 1.29 is 4.74 Å². The molecule has 0 aliphatic carbocycles. The monoisotopic (exact) mass is 335 g/mol. The minimum atomic E-state index is -0.0941. The second-order valence-corrected chi connectivity index (χ2v) is 6.03. The van der Waals surface area contributed by atoms with Gasteiger partial charge < -0.3 is 10.1 Å². The van der Waals surface area contributed by atoms with Crippen LogP contribution in [0.2, 0.25) is 15.1 Å². The van der Waals surface area contributed by atoms with Crippen LogP contribution >= 0.6 is 46.1 Å². The van der Waals surface area contributed by atoms with Crippen molar-refractivity contribution in [2.45, 2.75) is 6.04 Å². The fourth-order valence-electron chi connectivity index (χ4n) is 1.86. The summed E-state index contributed by atoms with van der Waals surface area (Å²) < 4.78 is 5.15. The van der Waals surface area contributed by atoms with E-state index in [1.165, 1.54) is 0 Å². The topological polar surface area (TPSA) is 21.3 Å². The Bertz CT molecular complexity index is 585. The Hall–Kier alpha value is -0.450. The third kappa shape index (κ3) is 3.01. The number of hydrogen-bond donors (Lipinski definition) is 1. The summed E-state index contributed by atoms with van der Waals surface area (Å²) in [7, 11) is 3.41. The average molecular weight is 337 g/mol. The lowest BCUT2D eigenvalue weighted by Gasteiger charge is -2.18. The van der Waals surface area contributed by atoms with Gasteiger partial charge in [0.25, 0.3) is 0 Å². The first-order valence-corrected chi connectivity index (χ1v) is 7.53. The molecule has 2 rings (SSSR count). The van der Waals surface area contributed by atoms with Crippen LogP contribution in [0.4, 0.5) is 0 Å². The molecule has 0 radical (unpaired) electrons. The van der Waals surface area contributed by atoms with Crippen molar-refractivity contribution in [1.29, 1.82) is 0 Å². The van der Waals surface area contributed by atoms with Crippen LogP contribution in [0.25, 0.3) is 0 Å². The molecule has 1 atom stereocenters. The summed E-state index contributed by atoms with van der Waals surface area (Å²) in [5, 5.41) is 6.98. The van der Waals surface area contributed by atoms with E-state index in [4.69, 9.17) is 39.5 Å². The lowest BCUT2D eigenvalue weighted by molar-refractivity contribution is 0.415. The maximum Gasteiger partial charge on any atom is 0.138 e. The van der Waals surface area contributed by atoms with Crippen molar-refractivity contribution in [1.82, 2.24) is 5.32 Å². The van der Waals surface area contributed by atoms with E-state index in [0.29, 0.717) is 20.8 Å². The van der Waals surface area contributed by atoms with Gasteiger partial charge in [-0.05, 0) is 30.1 Å². The number of thiophene rings is 1. The van der Waals surface area contributed by atoms with Gasteiger partial charge in [-0.1, -0.05) is 34.8 Å². The van der Waals surface area contributed by atoms with E-state index in [-0.39, 0.29) is 6.04 Å². The van der Waals surface area contributed by atoms with E-state index in [0.717, 1.165) is 10.4 Å². The van der Waals surface area contributed by atoms with Crippen molar-refractivity contribution >= 4 is 46.1 Å². The molecule has 1 heterocycles. The maximum absolute atomic E-state index is 6.31. The maximum atomic E-state index is 6.31. The Morgan fingerprint density at radius 2 is 1.89 bits per heavy atom. The lowest BCUT2D eigenvalue weighted by Crippen LogP contribution is -2.17. The fourth-order valence-corrected chi connectivity index (χ4v) is 3.67.